The van der Waals surface area contributed by atoms with Crippen LogP contribution in [0.25, 0.3) is 0 Å². The molecule has 1 aromatic carbocycles. The first kappa shape index (κ1) is 19.3. The number of rotatable bonds is 3. The molecule has 0 N–H and O–H groups in total. The summed E-state index contributed by atoms with van der Waals surface area (Å²) in [7, 11) is 0. The Bertz CT molecular complexity index is 873. The topological polar surface area (TPSA) is 53.5 Å². The van der Waals surface area contributed by atoms with Crippen LogP contribution in [0.3, 0.4) is 0 Å². The molecule has 2 aromatic rings. The lowest BCUT2D eigenvalue weighted by Crippen LogP contribution is -2.52. The van der Waals surface area contributed by atoms with Gasteiger partial charge in [0.2, 0.25) is 11.8 Å². The fourth-order valence-electron chi connectivity index (χ4n) is 2.82. The normalized spacial score (nSPS) is 15.2. The second-order valence-corrected chi connectivity index (χ2v) is 6.88. The summed E-state index contributed by atoms with van der Waals surface area (Å²) in [6.07, 6.45) is -3.42. The van der Waals surface area contributed by atoms with E-state index in [0.717, 1.165) is 22.3 Å². The molecule has 0 bridgehead atoms. The van der Waals surface area contributed by atoms with Gasteiger partial charge in [-0.05, 0) is 23.8 Å². The van der Waals surface area contributed by atoms with Gasteiger partial charge in [0.25, 0.3) is 0 Å². The van der Waals surface area contributed by atoms with E-state index >= 15 is 0 Å². The van der Waals surface area contributed by atoms with Gasteiger partial charge < -0.3 is 9.80 Å². The predicted octanol–water partition coefficient (Wildman–Crippen LogP) is 3.28. The molecule has 1 fully saturated rings. The third-order valence-corrected chi connectivity index (χ3v) is 4.99. The van der Waals surface area contributed by atoms with Crippen LogP contribution in [-0.2, 0) is 22.2 Å². The van der Waals surface area contributed by atoms with Crippen LogP contribution in [-0.4, -0.2) is 41.3 Å². The van der Waals surface area contributed by atoms with Crippen molar-refractivity contribution in [2.45, 2.75) is 12.6 Å². The van der Waals surface area contributed by atoms with Gasteiger partial charge in [-0.3, -0.25) is 14.6 Å². The van der Waals surface area contributed by atoms with Crippen molar-refractivity contribution in [1.82, 2.24) is 9.88 Å². The van der Waals surface area contributed by atoms with Crippen molar-refractivity contribution in [1.29, 1.82) is 0 Å². The van der Waals surface area contributed by atoms with E-state index in [1.54, 1.807) is 0 Å². The molecule has 0 radical (unpaired) electrons. The van der Waals surface area contributed by atoms with Crippen molar-refractivity contribution in [2.75, 3.05) is 24.5 Å². The minimum absolute atomic E-state index is 0.125. The van der Waals surface area contributed by atoms with Crippen LogP contribution in [0.5, 0.6) is 0 Å². The zero-order chi connectivity index (χ0) is 19.6. The van der Waals surface area contributed by atoms with Gasteiger partial charge in [-0.25, -0.2) is 0 Å². The number of amides is 2. The van der Waals surface area contributed by atoms with E-state index in [1.807, 2.05) is 24.3 Å². The molecular weight excluding hydrogens is 427 g/mol. The molecule has 1 aliphatic rings. The maximum absolute atomic E-state index is 12.8. The molecule has 0 aliphatic carbocycles. The van der Waals surface area contributed by atoms with Gasteiger partial charge in [0, 0.05) is 29.4 Å². The van der Waals surface area contributed by atoms with Crippen LogP contribution in [0.1, 0.15) is 11.3 Å². The number of aromatic nitrogens is 1. The van der Waals surface area contributed by atoms with Gasteiger partial charge in [-0.15, -0.1) is 0 Å². The number of hydrogen-bond donors (Lipinski definition) is 0. The molecule has 27 heavy (non-hydrogen) atoms. The third kappa shape index (κ3) is 4.47. The van der Waals surface area contributed by atoms with Crippen LogP contribution in [0, 0.1) is 0 Å². The van der Waals surface area contributed by atoms with E-state index in [1.165, 1.54) is 15.9 Å². The Morgan fingerprint density at radius 1 is 1.19 bits per heavy atom. The van der Waals surface area contributed by atoms with E-state index in [4.69, 9.17) is 0 Å². The summed E-state index contributed by atoms with van der Waals surface area (Å²) in [5.41, 5.74) is -0.123. The Hall–Kier alpha value is -2.42. The fourth-order valence-corrected chi connectivity index (χ4v) is 3.24. The molecule has 1 aliphatic heterocycles. The Kier molecular flexibility index (Phi) is 5.50. The molecule has 0 spiro atoms. The minimum atomic E-state index is -4.58. The smallest absolute Gasteiger partial charge is 0.331 e. The molecule has 2 amide bonds. The summed E-state index contributed by atoms with van der Waals surface area (Å²) in [6.45, 7) is 0.202. The van der Waals surface area contributed by atoms with Crippen molar-refractivity contribution in [3.63, 3.8) is 0 Å². The minimum Gasteiger partial charge on any atom is -0.331 e. The average molecular weight is 442 g/mol. The lowest BCUT2D eigenvalue weighted by atomic mass is 10.1. The highest BCUT2D eigenvalue weighted by Gasteiger charge is 2.34. The first-order valence-electron chi connectivity index (χ1n) is 8.10. The monoisotopic (exact) mass is 441 g/mol. The second kappa shape index (κ2) is 7.67. The average Bonchev–Trinajstić information content (AvgIpc) is 2.63. The van der Waals surface area contributed by atoms with Crippen molar-refractivity contribution in [2.24, 2.45) is 0 Å². The van der Waals surface area contributed by atoms with Crippen LogP contribution in [0.2, 0.25) is 0 Å². The van der Waals surface area contributed by atoms with Crippen molar-refractivity contribution in [3.05, 3.63) is 58.3 Å². The Morgan fingerprint density at radius 3 is 2.59 bits per heavy atom. The van der Waals surface area contributed by atoms with E-state index in [0.29, 0.717) is 0 Å². The summed E-state index contributed by atoms with van der Waals surface area (Å²) in [6, 6.07) is 9.49. The molecule has 0 atom stereocenters. The number of piperazine rings is 1. The second-order valence-electron chi connectivity index (χ2n) is 6.03. The molecule has 142 valence electrons. The van der Waals surface area contributed by atoms with Crippen LogP contribution < -0.4 is 4.90 Å². The highest BCUT2D eigenvalue weighted by molar-refractivity contribution is 9.10. The maximum Gasteiger partial charge on any atom is 0.433 e. The summed E-state index contributed by atoms with van der Waals surface area (Å²) in [5, 5.41) is 0. The highest BCUT2D eigenvalue weighted by atomic mass is 79.9. The Morgan fingerprint density at radius 2 is 1.93 bits per heavy atom. The quantitative estimate of drug-likeness (QED) is 0.734. The number of hydrogen-bond acceptors (Lipinski definition) is 3. The Balaban J connectivity index is 1.68. The number of alkyl halides is 3. The van der Waals surface area contributed by atoms with Crippen LogP contribution in [0.4, 0.5) is 18.9 Å². The lowest BCUT2D eigenvalue weighted by Gasteiger charge is -2.34. The van der Waals surface area contributed by atoms with Gasteiger partial charge in [0.15, 0.2) is 0 Å². The van der Waals surface area contributed by atoms with Gasteiger partial charge in [0.05, 0.1) is 6.42 Å². The molecule has 3 rings (SSSR count). The standard InChI is InChI=1S/C18H15BrF3N3O2/c19-14-4-2-1-3-12(14)9-16(26)24-7-8-25(17(27)11-24)13-5-6-23-15(10-13)18(20,21)22/h1-6,10H,7-9,11H2. The molecule has 1 aromatic heterocycles. The summed E-state index contributed by atoms with van der Waals surface area (Å²) >= 11 is 3.38. The molecule has 1 saturated heterocycles. The molecule has 9 heteroatoms. The number of carbonyl (C=O) groups is 2. The first-order chi connectivity index (χ1) is 12.8. The van der Waals surface area contributed by atoms with Crippen molar-refractivity contribution >= 4 is 33.4 Å². The highest BCUT2D eigenvalue weighted by Crippen LogP contribution is 2.30. The van der Waals surface area contributed by atoms with E-state index in [9.17, 15) is 22.8 Å². The summed E-state index contributed by atoms with van der Waals surface area (Å²) in [4.78, 5) is 30.8. The first-order valence-corrected chi connectivity index (χ1v) is 8.90. The zero-order valence-corrected chi connectivity index (χ0v) is 15.6. The molecule has 0 unspecified atom stereocenters. The molecule has 5 nitrogen and oxygen atoms in total. The summed E-state index contributed by atoms with van der Waals surface area (Å²) < 4.78 is 39.3. The van der Waals surface area contributed by atoms with E-state index in [-0.39, 0.29) is 37.6 Å². The van der Waals surface area contributed by atoms with Gasteiger partial charge in [0.1, 0.15) is 12.2 Å². The molecular formula is C18H15BrF3N3O2. The SMILES string of the molecule is O=C(Cc1ccccc1Br)N1CCN(c2ccnc(C(F)(F)F)c2)C(=O)C1. The molecule has 0 saturated carbocycles. The van der Waals surface area contributed by atoms with Gasteiger partial charge in [-0.2, -0.15) is 13.2 Å². The largest absolute Gasteiger partial charge is 0.433 e. The van der Waals surface area contributed by atoms with E-state index < -0.39 is 17.8 Å². The van der Waals surface area contributed by atoms with Crippen LogP contribution in [0.15, 0.2) is 47.1 Å². The lowest BCUT2D eigenvalue weighted by molar-refractivity contribution is -0.141. The maximum atomic E-state index is 12.8. The number of anilines is 1. The van der Waals surface area contributed by atoms with Crippen molar-refractivity contribution in [3.8, 4) is 0 Å². The number of carbonyl (C=O) groups excluding carboxylic acids is 2. The van der Waals surface area contributed by atoms with Gasteiger partial charge in [-0.1, -0.05) is 34.1 Å². The number of nitrogens with zero attached hydrogens (tertiary/aromatic N) is 3. The van der Waals surface area contributed by atoms with E-state index in [2.05, 4.69) is 20.9 Å². The number of benzene rings is 1. The predicted molar refractivity (Wildman–Crippen MR) is 96.0 cm³/mol. The number of halogens is 4. The molecule has 2 heterocycles. The fraction of sp³-hybridized carbons (Fsp3) is 0.278. The van der Waals surface area contributed by atoms with Gasteiger partial charge >= 0.3 is 6.18 Å². The van der Waals surface area contributed by atoms with Crippen LogP contribution >= 0.6 is 15.9 Å². The summed E-state index contributed by atoms with van der Waals surface area (Å²) in [5.74, 6) is -0.637. The zero-order valence-electron chi connectivity index (χ0n) is 14.0. The number of pyridine rings is 1. The van der Waals surface area contributed by atoms with Crippen molar-refractivity contribution < 1.29 is 22.8 Å². The Labute approximate surface area is 161 Å². The third-order valence-electron chi connectivity index (χ3n) is 4.22.